The van der Waals surface area contributed by atoms with Gasteiger partial charge in [-0.1, -0.05) is 42.2 Å². The van der Waals surface area contributed by atoms with Gasteiger partial charge < -0.3 is 10.5 Å². The summed E-state index contributed by atoms with van der Waals surface area (Å²) in [5.74, 6) is 6.77. The van der Waals surface area contributed by atoms with Crippen molar-refractivity contribution >= 4 is 22.1 Å². The molecule has 0 radical (unpaired) electrons. The molecule has 3 rings (SSSR count). The van der Waals surface area contributed by atoms with Gasteiger partial charge in [0.15, 0.2) is 0 Å². The molecule has 0 unspecified atom stereocenters. The van der Waals surface area contributed by atoms with E-state index in [1.54, 1.807) is 11.3 Å². The van der Waals surface area contributed by atoms with Crippen LogP contribution in [0, 0.1) is 11.8 Å². The van der Waals surface area contributed by atoms with Crippen molar-refractivity contribution < 1.29 is 4.74 Å². The molecule has 0 saturated carbocycles. The molecule has 104 valence electrons. The summed E-state index contributed by atoms with van der Waals surface area (Å²) in [6, 6.07) is 16.5. The van der Waals surface area contributed by atoms with Crippen molar-refractivity contribution in [1.82, 2.24) is 0 Å². The molecule has 3 aromatic rings. The van der Waals surface area contributed by atoms with Gasteiger partial charge in [-0.3, -0.25) is 0 Å². The largest absolute Gasteiger partial charge is 0.488 e. The molecule has 2 aromatic carbocycles. The highest BCUT2D eigenvalue weighted by Crippen LogP contribution is 2.22. The third-order valence-corrected chi connectivity index (χ3v) is 4.00. The summed E-state index contributed by atoms with van der Waals surface area (Å²) in [4.78, 5) is 1.16. The molecule has 3 heteroatoms. The zero-order chi connectivity index (χ0) is 14.5. The van der Waals surface area contributed by atoms with Crippen LogP contribution in [0.2, 0.25) is 0 Å². The number of thiophene rings is 1. The van der Waals surface area contributed by atoms with Gasteiger partial charge in [-0.05, 0) is 29.0 Å². The number of nitrogens with two attached hydrogens (primary N) is 1. The summed E-state index contributed by atoms with van der Waals surface area (Å²) in [5.41, 5.74) is 6.37. The zero-order valence-electron chi connectivity index (χ0n) is 11.5. The molecule has 0 aliphatic carbocycles. The number of fused-ring (bicyclic) bond motifs is 1. The molecule has 0 aliphatic rings. The Labute approximate surface area is 128 Å². The first-order chi connectivity index (χ1) is 10.3. The average molecular weight is 293 g/mol. The van der Waals surface area contributed by atoms with Crippen LogP contribution in [0.3, 0.4) is 0 Å². The fraction of sp³-hybridized carbons (Fsp3) is 0.111. The van der Waals surface area contributed by atoms with E-state index in [9.17, 15) is 0 Å². The van der Waals surface area contributed by atoms with Gasteiger partial charge in [0.25, 0.3) is 0 Å². The molecule has 21 heavy (non-hydrogen) atoms. The van der Waals surface area contributed by atoms with Crippen molar-refractivity contribution in [3.8, 4) is 17.6 Å². The third kappa shape index (κ3) is 3.43. The molecule has 2 nitrogen and oxygen atoms in total. The van der Waals surface area contributed by atoms with Gasteiger partial charge in [-0.2, -0.15) is 0 Å². The summed E-state index contributed by atoms with van der Waals surface area (Å²) >= 11 is 1.65. The average Bonchev–Trinajstić information content (AvgIpc) is 2.98. The van der Waals surface area contributed by atoms with Gasteiger partial charge in [0.05, 0.1) is 6.54 Å². The first kappa shape index (κ1) is 13.7. The second kappa shape index (κ2) is 6.45. The topological polar surface area (TPSA) is 35.2 Å². The monoisotopic (exact) mass is 293 g/mol. The lowest BCUT2D eigenvalue weighted by atomic mass is 10.1. The van der Waals surface area contributed by atoms with E-state index < -0.39 is 0 Å². The zero-order valence-corrected chi connectivity index (χ0v) is 12.3. The molecule has 0 bridgehead atoms. The predicted octanol–water partition coefficient (Wildman–Crippen LogP) is 3.79. The summed E-state index contributed by atoms with van der Waals surface area (Å²) < 4.78 is 5.86. The summed E-state index contributed by atoms with van der Waals surface area (Å²) in [5, 5.41) is 4.44. The highest BCUT2D eigenvalue weighted by atomic mass is 32.1. The van der Waals surface area contributed by atoms with Gasteiger partial charge in [-0.15, -0.1) is 11.3 Å². The van der Waals surface area contributed by atoms with Gasteiger partial charge in [0.2, 0.25) is 0 Å². The lowest BCUT2D eigenvalue weighted by Crippen LogP contribution is -1.93. The molecule has 0 amide bonds. The van der Waals surface area contributed by atoms with E-state index in [0.29, 0.717) is 13.2 Å². The molecular formula is C18H15NOS. The first-order valence-electron chi connectivity index (χ1n) is 6.73. The first-order valence-corrected chi connectivity index (χ1v) is 7.61. The van der Waals surface area contributed by atoms with Crippen LogP contribution in [0.25, 0.3) is 10.8 Å². The van der Waals surface area contributed by atoms with E-state index in [0.717, 1.165) is 16.2 Å². The summed E-state index contributed by atoms with van der Waals surface area (Å²) in [6.07, 6.45) is 0. The van der Waals surface area contributed by atoms with E-state index >= 15 is 0 Å². The smallest absolute Gasteiger partial charge is 0.122 e. The van der Waals surface area contributed by atoms with Gasteiger partial charge >= 0.3 is 0 Å². The molecular weight excluding hydrogens is 278 g/mol. The maximum atomic E-state index is 5.86. The minimum Gasteiger partial charge on any atom is -0.488 e. The van der Waals surface area contributed by atoms with E-state index in [1.807, 2.05) is 29.6 Å². The maximum Gasteiger partial charge on any atom is 0.122 e. The molecule has 1 heterocycles. The molecule has 1 aromatic heterocycles. The molecule has 0 atom stereocenters. The second-order valence-electron chi connectivity index (χ2n) is 4.61. The van der Waals surface area contributed by atoms with Crippen LogP contribution in [-0.2, 0) is 6.61 Å². The highest BCUT2D eigenvalue weighted by molar-refractivity contribution is 7.10. The van der Waals surface area contributed by atoms with Gasteiger partial charge in [-0.25, -0.2) is 0 Å². The van der Waals surface area contributed by atoms with Crippen LogP contribution in [-0.4, -0.2) is 6.54 Å². The van der Waals surface area contributed by atoms with Crippen molar-refractivity contribution in [2.45, 2.75) is 6.61 Å². The third-order valence-electron chi connectivity index (χ3n) is 3.09. The van der Waals surface area contributed by atoms with Crippen LogP contribution in [0.4, 0.5) is 0 Å². The fourth-order valence-electron chi connectivity index (χ4n) is 2.09. The van der Waals surface area contributed by atoms with E-state index in [1.165, 1.54) is 10.8 Å². The fourth-order valence-corrected chi connectivity index (χ4v) is 2.81. The summed E-state index contributed by atoms with van der Waals surface area (Å²) in [7, 11) is 0. The Bertz CT molecular complexity index is 810. The van der Waals surface area contributed by atoms with Crippen molar-refractivity contribution in [3.63, 3.8) is 0 Å². The van der Waals surface area contributed by atoms with Crippen LogP contribution in [0.15, 0.2) is 53.9 Å². The highest BCUT2D eigenvalue weighted by Gasteiger charge is 2.01. The SMILES string of the molecule is NCC#Cc1csc(COc2ccc3ccccc3c2)c1. The second-order valence-corrected chi connectivity index (χ2v) is 5.60. The number of hydrogen-bond acceptors (Lipinski definition) is 3. The molecule has 0 spiro atoms. The minimum atomic E-state index is 0.388. The lowest BCUT2D eigenvalue weighted by Gasteiger charge is -2.05. The Kier molecular flexibility index (Phi) is 4.20. The lowest BCUT2D eigenvalue weighted by molar-refractivity contribution is 0.310. The van der Waals surface area contributed by atoms with Crippen molar-refractivity contribution in [3.05, 3.63) is 64.4 Å². The Morgan fingerprint density at radius 3 is 2.76 bits per heavy atom. The number of rotatable bonds is 3. The summed E-state index contributed by atoms with van der Waals surface area (Å²) in [6.45, 7) is 0.950. The Morgan fingerprint density at radius 2 is 1.90 bits per heavy atom. The van der Waals surface area contributed by atoms with Crippen molar-refractivity contribution in [2.75, 3.05) is 6.54 Å². The Morgan fingerprint density at radius 1 is 1.05 bits per heavy atom. The minimum absolute atomic E-state index is 0.388. The number of hydrogen-bond donors (Lipinski definition) is 1. The maximum absolute atomic E-state index is 5.86. The van der Waals surface area contributed by atoms with Crippen LogP contribution >= 0.6 is 11.3 Å². The Balaban J connectivity index is 1.69. The van der Waals surface area contributed by atoms with E-state index in [4.69, 9.17) is 10.5 Å². The van der Waals surface area contributed by atoms with Gasteiger partial charge in [0, 0.05) is 15.8 Å². The normalized spacial score (nSPS) is 10.1. The van der Waals surface area contributed by atoms with Crippen molar-refractivity contribution in [1.29, 1.82) is 0 Å². The Hall–Kier alpha value is -2.28. The van der Waals surface area contributed by atoms with E-state index in [-0.39, 0.29) is 0 Å². The number of ether oxygens (including phenoxy) is 1. The van der Waals surface area contributed by atoms with Crippen LogP contribution in [0.1, 0.15) is 10.4 Å². The molecule has 0 saturated heterocycles. The predicted molar refractivity (Wildman–Crippen MR) is 88.5 cm³/mol. The molecule has 0 aliphatic heterocycles. The number of benzene rings is 2. The molecule has 2 N–H and O–H groups in total. The van der Waals surface area contributed by atoms with Crippen LogP contribution in [0.5, 0.6) is 5.75 Å². The van der Waals surface area contributed by atoms with E-state index in [2.05, 4.69) is 36.1 Å². The molecule has 0 fully saturated rings. The van der Waals surface area contributed by atoms with Crippen LogP contribution < -0.4 is 10.5 Å². The standard InChI is InChI=1S/C18H15NOS/c19-9-3-4-14-10-18(21-13-14)12-20-17-8-7-15-5-1-2-6-16(15)11-17/h1-2,5-8,10-11,13H,9,12,19H2. The van der Waals surface area contributed by atoms with Gasteiger partial charge in [0.1, 0.15) is 12.4 Å². The quantitative estimate of drug-likeness (QED) is 0.746. The van der Waals surface area contributed by atoms with Crippen molar-refractivity contribution in [2.24, 2.45) is 5.73 Å².